The Morgan fingerprint density at radius 2 is 1.33 bits per heavy atom. The molecule has 0 amide bonds. The number of ether oxygens (including phenoxy) is 3. The minimum absolute atomic E-state index is 0. The molecule has 0 spiro atoms. The molecule has 99 valence electrons. The number of methoxy groups -OCH3 is 3. The van der Waals surface area contributed by atoms with Crippen molar-refractivity contribution in [3.05, 3.63) is 12.1 Å². The Kier molecular flexibility index (Phi) is 7.97. The maximum Gasteiger partial charge on any atom is 0.488 e. The van der Waals surface area contributed by atoms with Gasteiger partial charge in [-0.15, -0.1) is 0 Å². The van der Waals surface area contributed by atoms with Crippen LogP contribution in [0.3, 0.4) is 0 Å². The van der Waals surface area contributed by atoms with Gasteiger partial charge in [-0.2, -0.15) is 0 Å². The van der Waals surface area contributed by atoms with E-state index in [4.69, 9.17) is 34.3 Å². The van der Waals surface area contributed by atoms with Gasteiger partial charge in [-0.25, -0.2) is 0 Å². The average molecular weight is 257 g/mol. The van der Waals surface area contributed by atoms with Gasteiger partial charge in [0.2, 0.25) is 5.75 Å². The van der Waals surface area contributed by atoms with Crippen LogP contribution in [-0.4, -0.2) is 56.2 Å². The van der Waals surface area contributed by atoms with Crippen LogP contribution in [0.15, 0.2) is 12.1 Å². The zero-order chi connectivity index (χ0) is 14.1. The zero-order valence-corrected chi connectivity index (χ0v) is 10.3. The van der Waals surface area contributed by atoms with E-state index in [0.29, 0.717) is 17.2 Å². The van der Waals surface area contributed by atoms with Crippen molar-refractivity contribution in [3.63, 3.8) is 0 Å². The van der Waals surface area contributed by atoms with Gasteiger partial charge in [-0.3, -0.25) is 0 Å². The van der Waals surface area contributed by atoms with E-state index >= 15 is 0 Å². The number of rotatable bonds is 4. The molecule has 0 bridgehead atoms. The lowest BCUT2D eigenvalue weighted by atomic mass is 9.80. The molecule has 1 aromatic carbocycles. The predicted octanol–water partition coefficient (Wildman–Crippen LogP) is -2.10. The molecule has 0 atom stereocenters. The van der Waals surface area contributed by atoms with E-state index in [1.54, 1.807) is 0 Å². The van der Waals surface area contributed by atoms with Crippen LogP contribution in [-0.2, 0) is 0 Å². The second kappa shape index (κ2) is 8.65. The van der Waals surface area contributed by atoms with E-state index in [9.17, 15) is 0 Å². The maximum absolute atomic E-state index is 9.03. The Hall–Kier alpha value is -1.41. The van der Waals surface area contributed by atoms with E-state index < -0.39 is 7.12 Å². The minimum Gasteiger partial charge on any atom is -0.493 e. The van der Waals surface area contributed by atoms with Crippen molar-refractivity contribution in [2.75, 3.05) is 21.3 Å². The molecule has 0 aliphatic heterocycles. The van der Waals surface area contributed by atoms with Gasteiger partial charge in [0.15, 0.2) is 11.5 Å². The van der Waals surface area contributed by atoms with Crippen LogP contribution in [0.2, 0.25) is 0 Å². The van der Waals surface area contributed by atoms with Gasteiger partial charge in [-0.05, 0) is 17.6 Å². The second-order valence-electron chi connectivity index (χ2n) is 2.95. The van der Waals surface area contributed by atoms with E-state index in [1.165, 1.54) is 33.5 Å². The normalized spacial score (nSPS) is 8.83. The minimum atomic E-state index is -1.57. The second-order valence-corrected chi connectivity index (χ2v) is 2.95. The highest BCUT2D eigenvalue weighted by Gasteiger charge is 2.19. The van der Waals surface area contributed by atoms with E-state index in [2.05, 4.69) is 0 Å². The highest BCUT2D eigenvalue weighted by molar-refractivity contribution is 6.58. The molecule has 9 heteroatoms. The van der Waals surface area contributed by atoms with Gasteiger partial charge in [0.1, 0.15) is 0 Å². The summed E-state index contributed by atoms with van der Waals surface area (Å²) >= 11 is 0. The van der Waals surface area contributed by atoms with Gasteiger partial charge in [-0.1, -0.05) is 0 Å². The Bertz CT molecular complexity index is 334. The lowest BCUT2D eigenvalue weighted by Crippen LogP contribution is -2.30. The Morgan fingerprint density at radius 1 is 0.944 bits per heavy atom. The van der Waals surface area contributed by atoms with Crippen LogP contribution in [0.5, 0.6) is 17.2 Å². The predicted molar refractivity (Wildman–Crippen MR) is 66.1 cm³/mol. The summed E-state index contributed by atoms with van der Waals surface area (Å²) in [6.45, 7) is 0. The molecule has 0 saturated carbocycles. The largest absolute Gasteiger partial charge is 0.493 e. The standard InChI is InChI=1S/C9H13BO5.BH2O2/c1-13-7-4-6(10(11)12)5-8(14-2)9(7)15-3;2-1-3/h4-5,11-12H,1-3H3;2-3H. The number of benzene rings is 1. The first-order valence-electron chi connectivity index (χ1n) is 4.81. The number of hydrogen-bond donors (Lipinski definition) is 4. The molecule has 7 nitrogen and oxygen atoms in total. The molecule has 0 heterocycles. The van der Waals surface area contributed by atoms with Crippen molar-refractivity contribution in [3.8, 4) is 17.2 Å². The first-order chi connectivity index (χ1) is 8.55. The Morgan fingerprint density at radius 3 is 1.56 bits per heavy atom. The van der Waals surface area contributed by atoms with Gasteiger partial charge in [0, 0.05) is 0 Å². The van der Waals surface area contributed by atoms with Crippen LogP contribution in [0.1, 0.15) is 0 Å². The molecule has 0 unspecified atom stereocenters. The molecule has 1 rings (SSSR count). The third kappa shape index (κ3) is 4.46. The molecular weight excluding hydrogens is 242 g/mol. The average Bonchev–Trinajstić information content (AvgIpc) is 2.37. The van der Waals surface area contributed by atoms with Crippen molar-refractivity contribution >= 4 is 20.3 Å². The number of hydrogen-bond acceptors (Lipinski definition) is 7. The van der Waals surface area contributed by atoms with Crippen molar-refractivity contribution in [2.45, 2.75) is 0 Å². The summed E-state index contributed by atoms with van der Waals surface area (Å²) in [6, 6.07) is 2.96. The zero-order valence-electron chi connectivity index (χ0n) is 10.3. The van der Waals surface area contributed by atoms with E-state index in [1.807, 2.05) is 0 Å². The molecule has 1 radical (unpaired) electrons. The lowest BCUT2D eigenvalue weighted by molar-refractivity contribution is 0.324. The topological polar surface area (TPSA) is 109 Å². The molecular formula is C9H15B2O7. The van der Waals surface area contributed by atoms with Crippen LogP contribution >= 0.6 is 0 Å². The summed E-state index contributed by atoms with van der Waals surface area (Å²) in [5, 5.41) is 32.1. The molecule has 0 fully saturated rings. The first-order valence-corrected chi connectivity index (χ1v) is 4.81. The van der Waals surface area contributed by atoms with Gasteiger partial charge in [0.25, 0.3) is 0 Å². The van der Waals surface area contributed by atoms with Gasteiger partial charge < -0.3 is 34.3 Å². The summed E-state index contributed by atoms with van der Waals surface area (Å²) in [4.78, 5) is 0. The highest BCUT2D eigenvalue weighted by atomic mass is 16.5. The Balaban J connectivity index is 0.000000873. The molecule has 18 heavy (non-hydrogen) atoms. The van der Waals surface area contributed by atoms with E-state index in [0.717, 1.165) is 0 Å². The van der Waals surface area contributed by atoms with Gasteiger partial charge in [0.05, 0.1) is 21.3 Å². The van der Waals surface area contributed by atoms with Crippen molar-refractivity contribution < 1.29 is 34.3 Å². The summed E-state index contributed by atoms with van der Waals surface area (Å²) in [7, 11) is 2.84. The van der Waals surface area contributed by atoms with Crippen LogP contribution < -0.4 is 19.7 Å². The molecule has 0 aromatic heterocycles. The Labute approximate surface area is 106 Å². The molecule has 0 aliphatic carbocycles. The quantitative estimate of drug-likeness (QED) is 0.457. The summed E-state index contributed by atoms with van der Waals surface area (Å²) in [5.41, 5.74) is 0.282. The smallest absolute Gasteiger partial charge is 0.488 e. The van der Waals surface area contributed by atoms with Crippen molar-refractivity contribution in [2.24, 2.45) is 0 Å². The maximum atomic E-state index is 9.03. The third-order valence-corrected chi connectivity index (χ3v) is 1.99. The summed E-state index contributed by atoms with van der Waals surface area (Å²) in [6.07, 6.45) is 0. The lowest BCUT2D eigenvalue weighted by Gasteiger charge is -2.13. The highest BCUT2D eigenvalue weighted by Crippen LogP contribution is 2.35. The van der Waals surface area contributed by atoms with Crippen molar-refractivity contribution in [1.29, 1.82) is 0 Å². The van der Waals surface area contributed by atoms with Crippen LogP contribution in [0.25, 0.3) is 0 Å². The van der Waals surface area contributed by atoms with Crippen LogP contribution in [0, 0.1) is 0 Å². The fourth-order valence-corrected chi connectivity index (χ4v) is 1.25. The molecule has 1 aromatic rings. The fraction of sp³-hybridized carbons (Fsp3) is 0.333. The molecule has 0 aliphatic rings. The van der Waals surface area contributed by atoms with E-state index in [-0.39, 0.29) is 13.1 Å². The van der Waals surface area contributed by atoms with Crippen LogP contribution in [0.4, 0.5) is 0 Å². The first kappa shape index (κ1) is 16.6. The SMILES string of the molecule is COc1cc(B(O)O)cc(OC)c1OC.O[B]O. The molecule has 0 saturated heterocycles. The summed E-state index contributed by atoms with van der Waals surface area (Å²) in [5.74, 6) is 1.20. The fourth-order valence-electron chi connectivity index (χ4n) is 1.25. The third-order valence-electron chi connectivity index (χ3n) is 1.99. The molecule has 4 N–H and O–H groups in total. The van der Waals surface area contributed by atoms with Crippen molar-refractivity contribution in [1.82, 2.24) is 0 Å². The summed E-state index contributed by atoms with van der Waals surface area (Å²) < 4.78 is 15.2. The monoisotopic (exact) mass is 257 g/mol. The van der Waals surface area contributed by atoms with Gasteiger partial charge >= 0.3 is 14.8 Å².